The number of rotatable bonds is 2. The lowest BCUT2D eigenvalue weighted by Gasteiger charge is -2.19. The van der Waals surface area contributed by atoms with Gasteiger partial charge in [-0.05, 0) is 37.1 Å². The third-order valence-electron chi connectivity index (χ3n) is 3.73. The number of nitrogens with zero attached hydrogens (tertiary/aromatic N) is 1. The first-order chi connectivity index (χ1) is 9.68. The molecule has 2 aliphatic rings. The van der Waals surface area contributed by atoms with Crippen molar-refractivity contribution in [3.8, 4) is 0 Å². The minimum absolute atomic E-state index is 0.261. The molecule has 4 nitrogen and oxygen atoms in total. The fraction of sp³-hybridized carbons (Fsp3) is 0.333. The van der Waals surface area contributed by atoms with Crippen molar-refractivity contribution in [2.75, 3.05) is 19.6 Å². The maximum atomic E-state index is 14.2. The van der Waals surface area contributed by atoms with Crippen LogP contribution in [0.4, 0.5) is 4.39 Å². The van der Waals surface area contributed by atoms with Crippen LogP contribution in [0.2, 0.25) is 0 Å². The lowest BCUT2D eigenvalue weighted by Crippen LogP contribution is -2.32. The average molecular weight is 274 g/mol. The molecule has 0 atom stereocenters. The van der Waals surface area contributed by atoms with Gasteiger partial charge in [0.15, 0.2) is 0 Å². The van der Waals surface area contributed by atoms with Gasteiger partial charge in [0, 0.05) is 6.54 Å². The van der Waals surface area contributed by atoms with E-state index in [1.807, 2.05) is 0 Å². The van der Waals surface area contributed by atoms with Gasteiger partial charge >= 0.3 is 0 Å². The van der Waals surface area contributed by atoms with Gasteiger partial charge in [0.05, 0.1) is 17.7 Å². The molecule has 0 unspecified atom stereocenters. The summed E-state index contributed by atoms with van der Waals surface area (Å²) in [5.41, 5.74) is 1.38. The van der Waals surface area contributed by atoms with Crippen LogP contribution in [0.5, 0.6) is 0 Å². The summed E-state index contributed by atoms with van der Waals surface area (Å²) in [6, 6.07) is 6.60. The Kier molecular flexibility index (Phi) is 3.36. The molecule has 0 spiro atoms. The number of benzene rings is 1. The zero-order chi connectivity index (χ0) is 14.1. The quantitative estimate of drug-likeness (QED) is 0.838. The molecule has 0 bridgehead atoms. The summed E-state index contributed by atoms with van der Waals surface area (Å²) in [5, 5.41) is 3.09. The molecule has 2 aliphatic heterocycles. The minimum Gasteiger partial charge on any atom is -0.313 e. The van der Waals surface area contributed by atoms with Gasteiger partial charge in [0.25, 0.3) is 11.8 Å². The summed E-state index contributed by atoms with van der Waals surface area (Å²) in [7, 11) is 0. The standard InChI is InChI=1S/C15H15FN2O2/c16-13(10-4-3-7-17-8-10)9-18-14(19)11-5-1-2-6-12(11)15(18)20/h1-2,5-6,17H,3-4,7-9H2/b13-10+. The summed E-state index contributed by atoms with van der Waals surface area (Å²) in [5.74, 6) is -1.19. The number of hydrogen-bond donors (Lipinski definition) is 1. The first kappa shape index (κ1) is 13.0. The Balaban J connectivity index is 1.83. The van der Waals surface area contributed by atoms with E-state index in [-0.39, 0.29) is 12.4 Å². The van der Waals surface area contributed by atoms with Crippen LogP contribution in [0, 0.1) is 0 Å². The van der Waals surface area contributed by atoms with Crippen molar-refractivity contribution in [1.29, 1.82) is 0 Å². The second-order valence-electron chi connectivity index (χ2n) is 5.03. The van der Waals surface area contributed by atoms with E-state index in [9.17, 15) is 14.0 Å². The number of carbonyl (C=O) groups excluding carboxylic acids is 2. The van der Waals surface area contributed by atoms with Gasteiger partial charge in [-0.1, -0.05) is 12.1 Å². The Labute approximate surface area is 116 Å². The van der Waals surface area contributed by atoms with Gasteiger partial charge in [0.1, 0.15) is 5.83 Å². The monoisotopic (exact) mass is 274 g/mol. The third kappa shape index (κ3) is 2.14. The Hall–Kier alpha value is -2.01. The van der Waals surface area contributed by atoms with Gasteiger partial charge in [-0.3, -0.25) is 14.5 Å². The molecule has 1 N–H and O–H groups in total. The van der Waals surface area contributed by atoms with Crippen LogP contribution in [-0.4, -0.2) is 36.3 Å². The minimum atomic E-state index is -0.412. The van der Waals surface area contributed by atoms with Gasteiger partial charge in [-0.15, -0.1) is 0 Å². The van der Waals surface area contributed by atoms with Crippen LogP contribution in [0.25, 0.3) is 0 Å². The van der Waals surface area contributed by atoms with E-state index < -0.39 is 11.8 Å². The maximum Gasteiger partial charge on any atom is 0.261 e. The van der Waals surface area contributed by atoms with Crippen molar-refractivity contribution in [1.82, 2.24) is 10.2 Å². The van der Waals surface area contributed by atoms with Gasteiger partial charge < -0.3 is 5.32 Å². The van der Waals surface area contributed by atoms with Crippen LogP contribution in [-0.2, 0) is 0 Å². The number of amides is 2. The number of nitrogens with one attached hydrogen (secondary N) is 1. The van der Waals surface area contributed by atoms with Crippen LogP contribution in [0.3, 0.4) is 0 Å². The highest BCUT2D eigenvalue weighted by Gasteiger charge is 2.35. The predicted molar refractivity (Wildman–Crippen MR) is 72.0 cm³/mol. The highest BCUT2D eigenvalue weighted by molar-refractivity contribution is 6.21. The fourth-order valence-corrected chi connectivity index (χ4v) is 2.62. The smallest absolute Gasteiger partial charge is 0.261 e. The molecule has 20 heavy (non-hydrogen) atoms. The summed E-state index contributed by atoms with van der Waals surface area (Å²) in [6.45, 7) is 1.11. The van der Waals surface area contributed by atoms with E-state index >= 15 is 0 Å². The third-order valence-corrected chi connectivity index (χ3v) is 3.73. The summed E-state index contributed by atoms with van der Waals surface area (Å²) in [4.78, 5) is 25.2. The molecule has 2 heterocycles. The molecular weight excluding hydrogens is 259 g/mol. The van der Waals surface area contributed by atoms with Crippen molar-refractivity contribution in [2.24, 2.45) is 0 Å². The normalized spacial score (nSPS) is 21.1. The van der Waals surface area contributed by atoms with E-state index in [4.69, 9.17) is 0 Å². The molecule has 1 aromatic rings. The molecule has 104 valence electrons. The largest absolute Gasteiger partial charge is 0.313 e. The number of piperidine rings is 1. The van der Waals surface area contributed by atoms with Crippen LogP contribution in [0.15, 0.2) is 35.7 Å². The van der Waals surface area contributed by atoms with E-state index in [0.717, 1.165) is 17.9 Å². The molecule has 1 saturated heterocycles. The van der Waals surface area contributed by atoms with Crippen molar-refractivity contribution < 1.29 is 14.0 Å². The van der Waals surface area contributed by atoms with Gasteiger partial charge in [-0.25, -0.2) is 4.39 Å². The zero-order valence-electron chi connectivity index (χ0n) is 11.0. The predicted octanol–water partition coefficient (Wildman–Crippen LogP) is 1.89. The molecule has 0 aliphatic carbocycles. The van der Waals surface area contributed by atoms with Crippen molar-refractivity contribution >= 4 is 11.8 Å². The number of fused-ring (bicyclic) bond motifs is 1. The molecule has 0 radical (unpaired) electrons. The fourth-order valence-electron chi connectivity index (χ4n) is 2.62. The molecular formula is C15H15FN2O2. The molecule has 0 saturated carbocycles. The lowest BCUT2D eigenvalue weighted by atomic mass is 10.1. The van der Waals surface area contributed by atoms with Gasteiger partial charge in [-0.2, -0.15) is 0 Å². The van der Waals surface area contributed by atoms with E-state index in [1.165, 1.54) is 0 Å². The van der Waals surface area contributed by atoms with Crippen LogP contribution in [0.1, 0.15) is 33.6 Å². The second kappa shape index (κ2) is 5.17. The van der Waals surface area contributed by atoms with Crippen LogP contribution >= 0.6 is 0 Å². The number of hydrogen-bond acceptors (Lipinski definition) is 3. The topological polar surface area (TPSA) is 49.4 Å². The maximum absolute atomic E-state index is 14.2. The molecule has 1 aromatic carbocycles. The lowest BCUT2D eigenvalue weighted by molar-refractivity contribution is 0.0659. The van der Waals surface area contributed by atoms with Crippen molar-refractivity contribution in [3.63, 3.8) is 0 Å². The summed E-state index contributed by atoms with van der Waals surface area (Å²) in [6.07, 6.45) is 1.56. The molecule has 3 rings (SSSR count). The Bertz CT molecular complexity index is 567. The first-order valence-electron chi connectivity index (χ1n) is 6.71. The molecule has 2 amide bonds. The zero-order valence-corrected chi connectivity index (χ0v) is 11.0. The highest BCUT2D eigenvalue weighted by atomic mass is 19.1. The average Bonchev–Trinajstić information content (AvgIpc) is 2.74. The first-order valence-corrected chi connectivity index (χ1v) is 6.71. The van der Waals surface area contributed by atoms with Crippen LogP contribution < -0.4 is 5.32 Å². The highest BCUT2D eigenvalue weighted by Crippen LogP contribution is 2.25. The number of carbonyl (C=O) groups is 2. The number of imide groups is 1. The molecule has 1 fully saturated rings. The summed E-state index contributed by atoms with van der Waals surface area (Å²) >= 11 is 0. The summed E-state index contributed by atoms with van der Waals surface area (Å²) < 4.78 is 14.2. The SMILES string of the molecule is O=C1c2ccccc2C(=O)N1C/C(F)=C1/CCCNC1. The van der Waals surface area contributed by atoms with Gasteiger partial charge in [0.2, 0.25) is 0 Å². The Morgan fingerprint density at radius 3 is 2.40 bits per heavy atom. The van der Waals surface area contributed by atoms with Crippen molar-refractivity contribution in [2.45, 2.75) is 12.8 Å². The molecule has 5 heteroatoms. The van der Waals surface area contributed by atoms with E-state index in [0.29, 0.717) is 29.7 Å². The second-order valence-corrected chi connectivity index (χ2v) is 5.03. The van der Waals surface area contributed by atoms with Crippen molar-refractivity contribution in [3.05, 3.63) is 46.8 Å². The molecule has 0 aromatic heterocycles. The Morgan fingerprint density at radius 2 is 1.85 bits per heavy atom. The number of halogens is 1. The Morgan fingerprint density at radius 1 is 1.20 bits per heavy atom. The van der Waals surface area contributed by atoms with E-state index in [1.54, 1.807) is 24.3 Å². The van der Waals surface area contributed by atoms with E-state index in [2.05, 4.69) is 5.32 Å².